The van der Waals surface area contributed by atoms with E-state index in [2.05, 4.69) is 45.8 Å². The number of piperidine rings is 1. The normalized spacial score (nSPS) is 26.2. The Morgan fingerprint density at radius 3 is 2.93 bits per heavy atom. The van der Waals surface area contributed by atoms with Crippen LogP contribution < -0.4 is 4.90 Å². The maximum absolute atomic E-state index is 9.55. The highest BCUT2D eigenvalue weighted by atomic mass is 16.3. The molecule has 2 fully saturated rings. The second kappa shape index (κ2) is 8.27. The lowest BCUT2D eigenvalue weighted by Gasteiger charge is -2.37. The predicted molar refractivity (Wildman–Crippen MR) is 116 cm³/mol. The zero-order valence-electron chi connectivity index (χ0n) is 18.3. The van der Waals surface area contributed by atoms with Crippen LogP contribution in [0.4, 0.5) is 5.95 Å². The molecule has 30 heavy (non-hydrogen) atoms. The molecule has 3 aliphatic rings. The van der Waals surface area contributed by atoms with Crippen molar-refractivity contribution in [1.29, 1.82) is 0 Å². The summed E-state index contributed by atoms with van der Waals surface area (Å²) in [4.78, 5) is 14.7. The van der Waals surface area contributed by atoms with Crippen LogP contribution in [0.15, 0.2) is 12.4 Å². The van der Waals surface area contributed by atoms with Gasteiger partial charge in [0.15, 0.2) is 0 Å². The van der Waals surface area contributed by atoms with Crippen LogP contribution in [-0.2, 0) is 19.5 Å². The molecule has 2 aromatic heterocycles. The smallest absolute Gasteiger partial charge is 0.225 e. The Balaban J connectivity index is 1.35. The number of aliphatic hydroxyl groups excluding tert-OH is 1. The summed E-state index contributed by atoms with van der Waals surface area (Å²) in [6.07, 6.45) is 10.9. The highest BCUT2D eigenvalue weighted by Crippen LogP contribution is 2.44. The van der Waals surface area contributed by atoms with E-state index in [0.717, 1.165) is 57.8 Å². The molecule has 0 amide bonds. The summed E-state index contributed by atoms with van der Waals surface area (Å²) in [5.41, 5.74) is 5.22. The van der Waals surface area contributed by atoms with Crippen LogP contribution in [0, 0.1) is 12.8 Å². The number of aromatic nitrogens is 4. The number of hydrogen-bond acceptors (Lipinski definition) is 6. The highest BCUT2D eigenvalue weighted by Gasteiger charge is 2.41. The first-order chi connectivity index (χ1) is 14.7. The Morgan fingerprint density at radius 2 is 2.10 bits per heavy atom. The van der Waals surface area contributed by atoms with Crippen molar-refractivity contribution in [2.75, 3.05) is 24.6 Å². The zero-order valence-corrected chi connectivity index (χ0v) is 18.3. The Kier molecular flexibility index (Phi) is 5.50. The van der Waals surface area contributed by atoms with Gasteiger partial charge in [-0.25, -0.2) is 9.97 Å². The maximum atomic E-state index is 9.55. The van der Waals surface area contributed by atoms with E-state index < -0.39 is 0 Å². The van der Waals surface area contributed by atoms with Crippen molar-refractivity contribution in [3.63, 3.8) is 0 Å². The SMILES string of the molecule is CCCn1ncc(CN2[C@H]3CC[C@H]2c2cnc(N4CCC[C@@H](CO)C4)nc2C3)c1C. The van der Waals surface area contributed by atoms with Crippen molar-refractivity contribution in [2.24, 2.45) is 5.92 Å². The van der Waals surface area contributed by atoms with Crippen molar-refractivity contribution in [1.82, 2.24) is 24.6 Å². The molecule has 0 spiro atoms. The van der Waals surface area contributed by atoms with Crippen molar-refractivity contribution < 1.29 is 5.11 Å². The fraction of sp³-hybridized carbons (Fsp3) is 0.696. The van der Waals surface area contributed by atoms with Crippen molar-refractivity contribution >= 4 is 5.95 Å². The lowest BCUT2D eigenvalue weighted by Crippen LogP contribution is -2.40. The molecule has 3 atom stereocenters. The number of nitrogens with zero attached hydrogens (tertiary/aromatic N) is 6. The highest BCUT2D eigenvalue weighted by molar-refractivity contribution is 5.38. The van der Waals surface area contributed by atoms with Gasteiger partial charge in [0, 0.05) is 74.3 Å². The van der Waals surface area contributed by atoms with Crippen LogP contribution in [0.25, 0.3) is 0 Å². The van der Waals surface area contributed by atoms with E-state index in [0.29, 0.717) is 18.0 Å². The minimum atomic E-state index is 0.259. The minimum Gasteiger partial charge on any atom is -0.396 e. The molecule has 2 bridgehead atoms. The van der Waals surface area contributed by atoms with E-state index in [1.807, 2.05) is 0 Å². The second-order valence-electron chi connectivity index (χ2n) is 9.31. The minimum absolute atomic E-state index is 0.259. The maximum Gasteiger partial charge on any atom is 0.225 e. The number of aliphatic hydroxyl groups is 1. The fourth-order valence-corrected chi connectivity index (χ4v) is 5.63. The Labute approximate surface area is 179 Å². The van der Waals surface area contributed by atoms with Gasteiger partial charge in [-0.3, -0.25) is 9.58 Å². The van der Waals surface area contributed by atoms with Crippen LogP contribution in [-0.4, -0.2) is 55.5 Å². The molecule has 0 aromatic carbocycles. The molecule has 7 heteroatoms. The summed E-state index contributed by atoms with van der Waals surface area (Å²) in [5.74, 6) is 1.21. The molecular weight excluding hydrogens is 376 g/mol. The molecule has 0 aliphatic carbocycles. The third kappa shape index (κ3) is 3.52. The molecule has 0 radical (unpaired) electrons. The van der Waals surface area contributed by atoms with Gasteiger partial charge in [0.1, 0.15) is 0 Å². The van der Waals surface area contributed by atoms with Crippen molar-refractivity contribution in [3.8, 4) is 0 Å². The first-order valence-corrected chi connectivity index (χ1v) is 11.7. The number of fused-ring (bicyclic) bond motifs is 4. The zero-order chi connectivity index (χ0) is 20.7. The van der Waals surface area contributed by atoms with Gasteiger partial charge in [-0.15, -0.1) is 0 Å². The average Bonchev–Trinajstić information content (AvgIpc) is 3.26. The van der Waals surface area contributed by atoms with E-state index in [1.54, 1.807) is 0 Å². The summed E-state index contributed by atoms with van der Waals surface area (Å²) < 4.78 is 2.14. The van der Waals surface area contributed by atoms with E-state index in [-0.39, 0.29) is 6.61 Å². The van der Waals surface area contributed by atoms with Gasteiger partial charge in [-0.05, 0) is 44.9 Å². The molecule has 162 valence electrons. The third-order valence-electron chi connectivity index (χ3n) is 7.37. The Morgan fingerprint density at radius 1 is 1.20 bits per heavy atom. The molecule has 7 nitrogen and oxygen atoms in total. The first kappa shape index (κ1) is 19.9. The van der Waals surface area contributed by atoms with Crippen LogP contribution in [0.2, 0.25) is 0 Å². The molecule has 5 heterocycles. The van der Waals surface area contributed by atoms with Crippen LogP contribution in [0.5, 0.6) is 0 Å². The number of aryl methyl sites for hydroxylation is 1. The summed E-state index contributed by atoms with van der Waals surface area (Å²) >= 11 is 0. The predicted octanol–water partition coefficient (Wildman–Crippen LogP) is 2.86. The van der Waals surface area contributed by atoms with Gasteiger partial charge in [0.2, 0.25) is 5.95 Å². The van der Waals surface area contributed by atoms with Gasteiger partial charge in [-0.2, -0.15) is 5.10 Å². The van der Waals surface area contributed by atoms with E-state index in [1.165, 1.54) is 35.4 Å². The molecule has 5 rings (SSSR count). The number of anilines is 1. The Hall–Kier alpha value is -1.99. The molecule has 2 saturated heterocycles. The Bertz CT molecular complexity index is 896. The van der Waals surface area contributed by atoms with E-state index in [4.69, 9.17) is 9.97 Å². The van der Waals surface area contributed by atoms with Crippen molar-refractivity contribution in [3.05, 3.63) is 34.9 Å². The summed E-state index contributed by atoms with van der Waals surface area (Å²) in [6.45, 7) is 8.48. The topological polar surface area (TPSA) is 70.3 Å². The first-order valence-electron chi connectivity index (χ1n) is 11.7. The van der Waals surface area contributed by atoms with E-state index in [9.17, 15) is 5.11 Å². The van der Waals surface area contributed by atoms with Gasteiger partial charge in [0.05, 0.1) is 11.9 Å². The van der Waals surface area contributed by atoms with Gasteiger partial charge in [0.25, 0.3) is 0 Å². The monoisotopic (exact) mass is 410 g/mol. The molecule has 2 aromatic rings. The quantitative estimate of drug-likeness (QED) is 0.790. The fourth-order valence-electron chi connectivity index (χ4n) is 5.63. The van der Waals surface area contributed by atoms with Crippen molar-refractivity contribution in [2.45, 2.75) is 77.5 Å². The molecule has 0 saturated carbocycles. The van der Waals surface area contributed by atoms with Crippen LogP contribution in [0.1, 0.15) is 67.6 Å². The lowest BCUT2D eigenvalue weighted by molar-refractivity contribution is 0.165. The number of rotatable bonds is 6. The average molecular weight is 411 g/mol. The standard InChI is InChI=1S/C23H34N6O/c1-3-8-29-16(2)18(11-25-29)14-28-19-6-7-22(28)20-12-24-23(26-21(20)10-19)27-9-4-5-17(13-27)15-30/h11-12,17,19,22,30H,3-10,13-15H2,1-2H3/t17-,19+,22+/m1/s1. The molecule has 3 aliphatic heterocycles. The molecule has 1 N–H and O–H groups in total. The van der Waals surface area contributed by atoms with Gasteiger partial charge in [-0.1, -0.05) is 6.92 Å². The third-order valence-corrected chi connectivity index (χ3v) is 7.37. The molecular formula is C23H34N6O. The van der Waals surface area contributed by atoms with Gasteiger partial charge < -0.3 is 10.0 Å². The summed E-state index contributed by atoms with van der Waals surface area (Å²) in [7, 11) is 0. The van der Waals surface area contributed by atoms with E-state index >= 15 is 0 Å². The lowest BCUT2D eigenvalue weighted by atomic mass is 9.98. The van der Waals surface area contributed by atoms with Crippen LogP contribution in [0.3, 0.4) is 0 Å². The second-order valence-corrected chi connectivity index (χ2v) is 9.31. The summed E-state index contributed by atoms with van der Waals surface area (Å²) in [6, 6.07) is 0.985. The molecule has 0 unspecified atom stereocenters. The largest absolute Gasteiger partial charge is 0.396 e. The van der Waals surface area contributed by atoms with Gasteiger partial charge >= 0.3 is 0 Å². The van der Waals surface area contributed by atoms with Crippen LogP contribution >= 0.6 is 0 Å². The number of hydrogen-bond donors (Lipinski definition) is 1. The summed E-state index contributed by atoms with van der Waals surface area (Å²) in [5, 5.41) is 14.2.